The molecule has 0 radical (unpaired) electrons. The van der Waals surface area contributed by atoms with E-state index in [1.165, 1.54) is 0 Å². The Hall–Kier alpha value is -2.96. The van der Waals surface area contributed by atoms with Crippen LogP contribution in [0.15, 0.2) is 41.7 Å². The molecule has 1 unspecified atom stereocenters. The number of Topliss-reactive ketones (excluding diaryl/α,β-unsaturated/α-hetero) is 1. The lowest BCUT2D eigenvalue weighted by Crippen LogP contribution is -2.34. The van der Waals surface area contributed by atoms with Gasteiger partial charge in [0.05, 0.1) is 32.1 Å². The van der Waals surface area contributed by atoms with Crippen LogP contribution < -0.4 is 14.8 Å². The normalized spacial score (nSPS) is 18.6. The van der Waals surface area contributed by atoms with Crippen molar-refractivity contribution in [2.24, 2.45) is 11.3 Å². The summed E-state index contributed by atoms with van der Waals surface area (Å²) in [6, 6.07) is 5.58. The first-order valence-corrected chi connectivity index (χ1v) is 12.0. The van der Waals surface area contributed by atoms with Crippen molar-refractivity contribution in [3.63, 3.8) is 0 Å². The Labute approximate surface area is 203 Å². The maximum absolute atomic E-state index is 12.8. The third kappa shape index (κ3) is 5.93. The summed E-state index contributed by atoms with van der Waals surface area (Å²) in [5.74, 6) is 1.37. The molecule has 1 heterocycles. The van der Waals surface area contributed by atoms with Crippen molar-refractivity contribution in [1.82, 2.24) is 15.1 Å². The van der Waals surface area contributed by atoms with E-state index in [4.69, 9.17) is 9.47 Å². The Morgan fingerprint density at radius 1 is 1.26 bits per heavy atom. The zero-order valence-electron chi connectivity index (χ0n) is 21.6. The van der Waals surface area contributed by atoms with Gasteiger partial charge in [-0.3, -0.25) is 9.59 Å². The number of carbonyl (C=O) groups excluding carboxylic acids is 2. The van der Waals surface area contributed by atoms with Crippen LogP contribution in [0.25, 0.3) is 0 Å². The van der Waals surface area contributed by atoms with E-state index in [-0.39, 0.29) is 29.1 Å². The van der Waals surface area contributed by atoms with E-state index >= 15 is 0 Å². The Bertz CT molecular complexity index is 975. The molecule has 7 nitrogen and oxygen atoms in total. The van der Waals surface area contributed by atoms with Crippen LogP contribution >= 0.6 is 0 Å². The Morgan fingerprint density at radius 3 is 2.62 bits per heavy atom. The number of allylic oxidation sites excluding steroid dienone is 2. The lowest BCUT2D eigenvalue weighted by molar-refractivity contribution is -0.129. The topological polar surface area (TPSA) is 71.1 Å². The molecule has 1 aromatic rings. The van der Waals surface area contributed by atoms with Gasteiger partial charge in [-0.05, 0) is 30.0 Å². The predicted octanol–water partition coefficient (Wildman–Crippen LogP) is 3.92. The number of benzene rings is 1. The lowest BCUT2D eigenvalue weighted by Gasteiger charge is -2.30. The summed E-state index contributed by atoms with van der Waals surface area (Å²) in [5, 5.41) is 3.55. The highest BCUT2D eigenvalue weighted by Crippen LogP contribution is 2.40. The van der Waals surface area contributed by atoms with Crippen LogP contribution in [0.5, 0.6) is 11.5 Å². The molecule has 3 rings (SSSR count). The second-order valence-corrected chi connectivity index (χ2v) is 10.4. The molecule has 34 heavy (non-hydrogen) atoms. The average molecular weight is 470 g/mol. The highest BCUT2D eigenvalue weighted by atomic mass is 16.5. The number of hydrogen-bond acceptors (Lipinski definition) is 6. The lowest BCUT2D eigenvalue weighted by atomic mass is 9.87. The number of fused-ring (bicyclic) bond motifs is 1. The molecule has 0 aromatic heterocycles. The highest BCUT2D eigenvalue weighted by Gasteiger charge is 2.38. The number of carbonyl (C=O) groups is 2. The molecule has 0 spiro atoms. The van der Waals surface area contributed by atoms with Crippen molar-refractivity contribution in [2.45, 2.75) is 46.6 Å². The van der Waals surface area contributed by atoms with Crippen LogP contribution in [0.1, 0.15) is 52.1 Å². The van der Waals surface area contributed by atoms with Crippen LogP contribution in [0.4, 0.5) is 0 Å². The van der Waals surface area contributed by atoms with Crippen LogP contribution in [0.2, 0.25) is 0 Å². The summed E-state index contributed by atoms with van der Waals surface area (Å²) in [4.78, 5) is 29.4. The molecule has 0 bridgehead atoms. The van der Waals surface area contributed by atoms with Crippen LogP contribution in [-0.4, -0.2) is 62.4 Å². The van der Waals surface area contributed by atoms with Crippen molar-refractivity contribution in [2.75, 3.05) is 40.9 Å². The summed E-state index contributed by atoms with van der Waals surface area (Å²) in [7, 11) is 5.15. The van der Waals surface area contributed by atoms with Gasteiger partial charge in [0.15, 0.2) is 11.5 Å². The fourth-order valence-corrected chi connectivity index (χ4v) is 4.32. The molecular formula is C27H39N3O4. The summed E-state index contributed by atoms with van der Waals surface area (Å²) in [6.07, 6.45) is 4.80. The molecule has 0 fully saturated rings. The summed E-state index contributed by atoms with van der Waals surface area (Å²) in [6.45, 7) is 10.4. The number of methoxy groups -OCH3 is 1. The molecule has 1 aliphatic heterocycles. The van der Waals surface area contributed by atoms with E-state index in [1.54, 1.807) is 26.1 Å². The fraction of sp³-hybridized carbons (Fsp3) is 0.556. The molecule has 2 atom stereocenters. The van der Waals surface area contributed by atoms with Gasteiger partial charge < -0.3 is 24.6 Å². The predicted molar refractivity (Wildman–Crippen MR) is 134 cm³/mol. The third-order valence-corrected chi connectivity index (χ3v) is 6.23. The van der Waals surface area contributed by atoms with Crippen molar-refractivity contribution in [3.8, 4) is 11.5 Å². The minimum atomic E-state index is -0.227. The molecule has 1 N–H and O–H groups in total. The second kappa shape index (κ2) is 10.5. The van der Waals surface area contributed by atoms with Gasteiger partial charge in [-0.15, -0.1) is 0 Å². The van der Waals surface area contributed by atoms with Crippen LogP contribution in [0, 0.1) is 11.3 Å². The summed E-state index contributed by atoms with van der Waals surface area (Å²) in [5.41, 5.74) is 3.12. The van der Waals surface area contributed by atoms with Crippen molar-refractivity contribution < 1.29 is 19.1 Å². The van der Waals surface area contributed by atoms with Gasteiger partial charge in [-0.2, -0.15) is 0 Å². The molecule has 2 aliphatic rings. The SMILES string of the molecule is CCOc1cc([C@@H](CC(=O)N(C)C)N2C=C3C(NCC(C)(C)C)=CCC(=O)C3C2)ccc1OC. The Kier molecular flexibility index (Phi) is 7.95. The standard InChI is InChI=1S/C27H39N3O4/c1-8-34-25-13-18(9-12-24(25)33-7)22(14-26(32)29(5)6)30-15-19-20(16-30)23(31)11-10-21(19)28-17-27(2,3)4/h9-10,12-13,15,20,22,28H,8,11,14,16-17H2,1-7H3/t20?,22-/m1/s1. The Balaban J connectivity index is 1.97. The van der Waals surface area contributed by atoms with Crippen molar-refractivity contribution in [3.05, 3.63) is 47.3 Å². The molecule has 0 saturated carbocycles. The second-order valence-electron chi connectivity index (χ2n) is 10.4. The smallest absolute Gasteiger partial charge is 0.224 e. The van der Waals surface area contributed by atoms with Gasteiger partial charge in [0.1, 0.15) is 5.78 Å². The van der Waals surface area contributed by atoms with Gasteiger partial charge in [-0.1, -0.05) is 32.9 Å². The minimum absolute atomic E-state index is 0.0278. The number of amides is 1. The number of rotatable bonds is 9. The first-order chi connectivity index (χ1) is 16.0. The third-order valence-electron chi connectivity index (χ3n) is 6.23. The summed E-state index contributed by atoms with van der Waals surface area (Å²) >= 11 is 0. The zero-order chi connectivity index (χ0) is 25.0. The fourth-order valence-electron chi connectivity index (χ4n) is 4.32. The zero-order valence-corrected chi connectivity index (χ0v) is 21.6. The Morgan fingerprint density at radius 2 is 2.00 bits per heavy atom. The van der Waals surface area contributed by atoms with Gasteiger partial charge >= 0.3 is 0 Å². The molecule has 1 aliphatic carbocycles. The first-order valence-electron chi connectivity index (χ1n) is 12.0. The minimum Gasteiger partial charge on any atom is -0.493 e. The molecular weight excluding hydrogens is 430 g/mol. The van der Waals surface area contributed by atoms with Crippen LogP contribution in [-0.2, 0) is 9.59 Å². The maximum atomic E-state index is 12.8. The maximum Gasteiger partial charge on any atom is 0.224 e. The summed E-state index contributed by atoms with van der Waals surface area (Å²) < 4.78 is 11.2. The number of nitrogens with one attached hydrogen (secondary N) is 1. The van der Waals surface area contributed by atoms with Gasteiger partial charge in [-0.25, -0.2) is 0 Å². The number of hydrogen-bond donors (Lipinski definition) is 1. The highest BCUT2D eigenvalue weighted by molar-refractivity contribution is 5.89. The molecule has 1 aromatic carbocycles. The van der Waals surface area contributed by atoms with E-state index in [0.29, 0.717) is 37.5 Å². The first kappa shape index (κ1) is 25.7. The van der Waals surface area contributed by atoms with Crippen LogP contribution in [0.3, 0.4) is 0 Å². The van der Waals surface area contributed by atoms with E-state index in [2.05, 4.69) is 37.2 Å². The largest absolute Gasteiger partial charge is 0.493 e. The van der Waals surface area contributed by atoms with E-state index < -0.39 is 0 Å². The van der Waals surface area contributed by atoms with E-state index in [0.717, 1.165) is 23.4 Å². The average Bonchev–Trinajstić information content (AvgIpc) is 3.22. The number of ether oxygens (including phenoxy) is 2. The monoisotopic (exact) mass is 469 g/mol. The van der Waals surface area contributed by atoms with Gasteiger partial charge in [0.2, 0.25) is 5.91 Å². The number of ketones is 1. The molecule has 186 valence electrons. The molecule has 7 heteroatoms. The van der Waals surface area contributed by atoms with Crippen molar-refractivity contribution >= 4 is 11.7 Å². The molecule has 0 saturated heterocycles. The van der Waals surface area contributed by atoms with Gasteiger partial charge in [0.25, 0.3) is 0 Å². The number of nitrogens with zero attached hydrogens (tertiary/aromatic N) is 2. The van der Waals surface area contributed by atoms with E-state index in [9.17, 15) is 9.59 Å². The van der Waals surface area contributed by atoms with Crippen molar-refractivity contribution in [1.29, 1.82) is 0 Å². The van der Waals surface area contributed by atoms with E-state index in [1.807, 2.05) is 31.2 Å². The molecule has 1 amide bonds. The van der Waals surface area contributed by atoms with Gasteiger partial charge in [0, 0.05) is 51.1 Å². The quantitative estimate of drug-likeness (QED) is 0.591.